The number of amides is 2. The minimum atomic E-state index is -4.55. The number of halogens is 3. The molecule has 2 rings (SSSR count). The second-order valence-corrected chi connectivity index (χ2v) is 5.50. The highest BCUT2D eigenvalue weighted by molar-refractivity contribution is 6.39. The van der Waals surface area contributed by atoms with Gasteiger partial charge in [0.2, 0.25) is 0 Å². The lowest BCUT2D eigenvalue weighted by atomic mass is 10.1. The van der Waals surface area contributed by atoms with Crippen molar-refractivity contribution in [2.45, 2.75) is 18.7 Å². The lowest BCUT2D eigenvalue weighted by Gasteiger charge is -2.12. The number of aliphatic hydroxyl groups is 1. The summed E-state index contributed by atoms with van der Waals surface area (Å²) in [4.78, 5) is 23.5. The van der Waals surface area contributed by atoms with Crippen LogP contribution in [0.1, 0.15) is 23.7 Å². The average Bonchev–Trinajstić information content (AvgIpc) is 2.61. The molecule has 0 bridgehead atoms. The highest BCUT2D eigenvalue weighted by atomic mass is 19.4. The van der Waals surface area contributed by atoms with Crippen molar-refractivity contribution in [1.29, 1.82) is 0 Å². The van der Waals surface area contributed by atoms with E-state index in [1.54, 1.807) is 30.3 Å². The Bertz CT molecular complexity index is 764. The molecule has 0 aliphatic carbocycles. The van der Waals surface area contributed by atoms with Crippen LogP contribution in [-0.2, 0) is 15.8 Å². The Labute approximate surface area is 147 Å². The Morgan fingerprint density at radius 2 is 1.69 bits per heavy atom. The molecule has 2 aromatic carbocycles. The van der Waals surface area contributed by atoms with Crippen molar-refractivity contribution < 1.29 is 27.9 Å². The topological polar surface area (TPSA) is 78.4 Å². The number of hydrogen-bond acceptors (Lipinski definition) is 3. The molecule has 26 heavy (non-hydrogen) atoms. The summed E-state index contributed by atoms with van der Waals surface area (Å²) >= 11 is 0. The number of alkyl halides is 3. The van der Waals surface area contributed by atoms with Gasteiger partial charge < -0.3 is 15.7 Å². The van der Waals surface area contributed by atoms with Crippen LogP contribution in [0.4, 0.5) is 18.9 Å². The summed E-state index contributed by atoms with van der Waals surface area (Å²) in [6.07, 6.45) is -5.16. The fraction of sp³-hybridized carbons (Fsp3) is 0.222. The highest BCUT2D eigenvalue weighted by Gasteiger charge is 2.30. The van der Waals surface area contributed by atoms with Crippen LogP contribution in [-0.4, -0.2) is 23.5 Å². The van der Waals surface area contributed by atoms with Gasteiger partial charge in [0.25, 0.3) is 0 Å². The number of nitrogens with one attached hydrogen (secondary N) is 2. The molecule has 0 saturated heterocycles. The molecule has 1 atom stereocenters. The molecule has 0 aliphatic heterocycles. The van der Waals surface area contributed by atoms with Crippen LogP contribution < -0.4 is 10.6 Å². The Hall–Kier alpha value is -2.87. The fourth-order valence-electron chi connectivity index (χ4n) is 2.21. The second-order valence-electron chi connectivity index (χ2n) is 5.50. The van der Waals surface area contributed by atoms with Gasteiger partial charge >= 0.3 is 18.0 Å². The summed E-state index contributed by atoms with van der Waals surface area (Å²) < 4.78 is 37.9. The number of carbonyl (C=O) groups excluding carboxylic acids is 2. The van der Waals surface area contributed by atoms with Gasteiger partial charge in [0.15, 0.2) is 0 Å². The van der Waals surface area contributed by atoms with Crippen molar-refractivity contribution in [3.8, 4) is 0 Å². The van der Waals surface area contributed by atoms with Crippen LogP contribution >= 0.6 is 0 Å². The molecule has 5 nitrogen and oxygen atoms in total. The molecule has 8 heteroatoms. The lowest BCUT2D eigenvalue weighted by molar-refractivity contribution is -0.137. The molecule has 2 amide bonds. The van der Waals surface area contributed by atoms with Crippen LogP contribution in [0.15, 0.2) is 54.6 Å². The second kappa shape index (κ2) is 8.48. The van der Waals surface area contributed by atoms with Crippen LogP contribution in [0.25, 0.3) is 0 Å². The first-order chi connectivity index (χ1) is 12.3. The van der Waals surface area contributed by atoms with Crippen molar-refractivity contribution in [2.75, 3.05) is 11.9 Å². The summed E-state index contributed by atoms with van der Waals surface area (Å²) in [7, 11) is 0. The van der Waals surface area contributed by atoms with Crippen LogP contribution in [0.3, 0.4) is 0 Å². The normalized spacial score (nSPS) is 12.3. The fourth-order valence-corrected chi connectivity index (χ4v) is 2.21. The monoisotopic (exact) mass is 366 g/mol. The van der Waals surface area contributed by atoms with Crippen LogP contribution in [0.2, 0.25) is 0 Å². The predicted molar refractivity (Wildman–Crippen MR) is 89.1 cm³/mol. The van der Waals surface area contributed by atoms with Gasteiger partial charge in [0, 0.05) is 12.2 Å². The minimum Gasteiger partial charge on any atom is -0.388 e. The first-order valence-electron chi connectivity index (χ1n) is 7.77. The first-order valence-corrected chi connectivity index (χ1v) is 7.77. The minimum absolute atomic E-state index is 0.0326. The van der Waals surface area contributed by atoms with Crippen LogP contribution in [0, 0.1) is 0 Å². The van der Waals surface area contributed by atoms with Gasteiger partial charge in [0.1, 0.15) is 0 Å². The standard InChI is InChI=1S/C18H17F3N2O3/c19-18(20,21)13-7-4-8-14(11-13)23-17(26)16(25)22-10-9-15(24)12-5-2-1-3-6-12/h1-8,11,15,24H,9-10H2,(H,22,25)(H,23,26). The Balaban J connectivity index is 1.84. The van der Waals surface area contributed by atoms with E-state index in [9.17, 15) is 27.9 Å². The predicted octanol–water partition coefficient (Wildman–Crippen LogP) is 2.88. The molecule has 1 unspecified atom stereocenters. The van der Waals surface area contributed by atoms with Crippen molar-refractivity contribution in [1.82, 2.24) is 5.32 Å². The molecule has 138 valence electrons. The number of rotatable bonds is 5. The van der Waals surface area contributed by atoms with Crippen molar-refractivity contribution in [2.24, 2.45) is 0 Å². The number of carbonyl (C=O) groups is 2. The third-order valence-corrected chi connectivity index (χ3v) is 3.54. The lowest BCUT2D eigenvalue weighted by Crippen LogP contribution is -2.36. The van der Waals surface area contributed by atoms with Crippen LogP contribution in [0.5, 0.6) is 0 Å². The maximum absolute atomic E-state index is 12.6. The van der Waals surface area contributed by atoms with Crippen molar-refractivity contribution in [3.05, 3.63) is 65.7 Å². The average molecular weight is 366 g/mol. The summed E-state index contributed by atoms with van der Waals surface area (Å²) in [6.45, 7) is 0.0326. The van der Waals surface area contributed by atoms with E-state index in [0.29, 0.717) is 5.56 Å². The van der Waals surface area contributed by atoms with Gasteiger partial charge in [0.05, 0.1) is 11.7 Å². The first kappa shape index (κ1) is 19.5. The molecule has 0 radical (unpaired) electrons. The Morgan fingerprint density at radius 1 is 1.00 bits per heavy atom. The number of benzene rings is 2. The van der Waals surface area contributed by atoms with Gasteiger partial charge in [-0.1, -0.05) is 36.4 Å². The summed E-state index contributed by atoms with van der Waals surface area (Å²) in [5.41, 5.74) is -0.388. The third-order valence-electron chi connectivity index (χ3n) is 3.54. The molecule has 0 fully saturated rings. The van der Waals surface area contributed by atoms with E-state index in [1.807, 2.05) is 0 Å². The molecular formula is C18H17F3N2O3. The van der Waals surface area contributed by atoms with Gasteiger partial charge in [-0.2, -0.15) is 13.2 Å². The van der Waals surface area contributed by atoms with E-state index >= 15 is 0 Å². The van der Waals surface area contributed by atoms with Gasteiger partial charge in [-0.15, -0.1) is 0 Å². The molecule has 0 spiro atoms. The Kier molecular flexibility index (Phi) is 6.35. The molecule has 3 N–H and O–H groups in total. The van der Waals surface area contributed by atoms with Crippen molar-refractivity contribution in [3.63, 3.8) is 0 Å². The van der Waals surface area contributed by atoms with Gasteiger partial charge in [-0.25, -0.2) is 0 Å². The van der Waals surface area contributed by atoms with E-state index in [2.05, 4.69) is 10.6 Å². The van der Waals surface area contributed by atoms with Crippen molar-refractivity contribution >= 4 is 17.5 Å². The zero-order valence-electron chi connectivity index (χ0n) is 13.6. The number of anilines is 1. The molecule has 0 aliphatic rings. The van der Waals surface area contributed by atoms with E-state index < -0.39 is 29.7 Å². The SMILES string of the molecule is O=C(NCCC(O)c1ccccc1)C(=O)Nc1cccc(C(F)(F)F)c1. The zero-order chi connectivity index (χ0) is 19.2. The van der Waals surface area contributed by atoms with E-state index in [1.165, 1.54) is 6.07 Å². The number of hydrogen-bond donors (Lipinski definition) is 3. The third kappa shape index (κ3) is 5.59. The highest BCUT2D eigenvalue weighted by Crippen LogP contribution is 2.30. The zero-order valence-corrected chi connectivity index (χ0v) is 13.6. The summed E-state index contributed by atoms with van der Waals surface area (Å²) in [6, 6.07) is 12.8. The van der Waals surface area contributed by atoms with Gasteiger partial charge in [-0.3, -0.25) is 9.59 Å². The molecule has 0 aromatic heterocycles. The summed E-state index contributed by atoms with van der Waals surface area (Å²) in [5, 5.41) is 14.4. The molecule has 0 saturated carbocycles. The van der Waals surface area contributed by atoms with E-state index in [4.69, 9.17) is 0 Å². The van der Waals surface area contributed by atoms with E-state index in [0.717, 1.165) is 18.2 Å². The molecule has 0 heterocycles. The maximum Gasteiger partial charge on any atom is 0.416 e. The Morgan fingerprint density at radius 3 is 2.35 bits per heavy atom. The van der Waals surface area contributed by atoms with E-state index in [-0.39, 0.29) is 18.7 Å². The number of aliphatic hydroxyl groups excluding tert-OH is 1. The maximum atomic E-state index is 12.6. The summed E-state index contributed by atoms with van der Waals surface area (Å²) in [5.74, 6) is -2.08. The smallest absolute Gasteiger partial charge is 0.388 e. The molecular weight excluding hydrogens is 349 g/mol. The van der Waals surface area contributed by atoms with Gasteiger partial charge in [-0.05, 0) is 30.2 Å². The quantitative estimate of drug-likeness (QED) is 0.712. The largest absolute Gasteiger partial charge is 0.416 e. The molecule has 2 aromatic rings.